The zero-order chi connectivity index (χ0) is 20.2. The van der Waals surface area contributed by atoms with Gasteiger partial charge in [0, 0.05) is 13.5 Å². The van der Waals surface area contributed by atoms with Crippen molar-refractivity contribution in [1.29, 1.82) is 0 Å². The Bertz CT molecular complexity index is 477. The zero-order valence-corrected chi connectivity index (χ0v) is 15.5. The Labute approximate surface area is 152 Å². The number of carbonyl (C=O) groups is 4. The Hall–Kier alpha value is -2.36. The molecule has 0 bridgehead atoms. The molecule has 1 atom stereocenters. The fourth-order valence-corrected chi connectivity index (χ4v) is 2.31. The molecule has 0 aliphatic carbocycles. The summed E-state index contributed by atoms with van der Waals surface area (Å²) < 4.78 is 9.20. The summed E-state index contributed by atoms with van der Waals surface area (Å²) in [5.41, 5.74) is 0. The number of ether oxygens (including phenoxy) is 2. The molecule has 0 spiro atoms. The Morgan fingerprint density at radius 2 is 1.65 bits per heavy atom. The molecule has 0 saturated carbocycles. The smallest absolute Gasteiger partial charge is 0.481 e. The van der Waals surface area contributed by atoms with Crippen LogP contribution in [0, 0.1) is 0 Å². The average Bonchev–Trinajstić information content (AvgIpc) is 2.47. The molecule has 1 unspecified atom stereocenters. The minimum atomic E-state index is -1.28. The van der Waals surface area contributed by atoms with Crippen molar-refractivity contribution in [3.05, 3.63) is 0 Å². The van der Waals surface area contributed by atoms with Crippen molar-refractivity contribution in [2.75, 3.05) is 33.8 Å². The number of carboxylic acids is 1. The largest absolute Gasteiger partial charge is 0.505 e. The molecule has 3 N–H and O–H groups in total. The zero-order valence-electron chi connectivity index (χ0n) is 15.5. The average molecular weight is 377 g/mol. The van der Waals surface area contributed by atoms with Crippen molar-refractivity contribution in [2.45, 2.75) is 45.1 Å². The molecule has 0 fully saturated rings. The minimum absolute atomic E-state index is 0.0459. The molecule has 0 aromatic rings. The quantitative estimate of drug-likeness (QED) is 0.264. The number of quaternary nitrogens is 1. The molecule has 0 aromatic carbocycles. The van der Waals surface area contributed by atoms with E-state index in [0.29, 0.717) is 13.0 Å². The van der Waals surface area contributed by atoms with Crippen LogP contribution >= 0.6 is 0 Å². The fourth-order valence-electron chi connectivity index (χ4n) is 2.31. The number of hydrogen-bond donors (Lipinski definition) is 3. The first-order valence-electron chi connectivity index (χ1n) is 8.40. The Morgan fingerprint density at radius 3 is 2.19 bits per heavy atom. The number of urea groups is 1. The minimum Gasteiger partial charge on any atom is -0.481 e. The predicted octanol–water partition coefficient (Wildman–Crippen LogP) is 1.43. The van der Waals surface area contributed by atoms with Gasteiger partial charge in [0.2, 0.25) is 0 Å². The molecule has 0 aromatic heterocycles. The standard InChI is InChI=1S/C16H28N2O8/c1-12(19)26-13(10-14(20)21)11-18(2,3)15(22)17-8-6-4-5-7-9-25-16(23)24/h13H,4-11H2,1-3H3,(H2-,17,20,21,22,23,24)/p+1. The summed E-state index contributed by atoms with van der Waals surface area (Å²) in [5.74, 6) is -1.70. The molecule has 0 rings (SSSR count). The summed E-state index contributed by atoms with van der Waals surface area (Å²) in [6.07, 6.45) is 0.405. The Morgan fingerprint density at radius 1 is 1.04 bits per heavy atom. The summed E-state index contributed by atoms with van der Waals surface area (Å²) in [5, 5.41) is 20.0. The number of aliphatic carboxylic acids is 1. The fraction of sp³-hybridized carbons (Fsp3) is 0.750. The van der Waals surface area contributed by atoms with Gasteiger partial charge in [-0.3, -0.25) is 9.59 Å². The summed E-state index contributed by atoms with van der Waals surface area (Å²) in [6, 6.07) is -0.304. The molecule has 10 nitrogen and oxygen atoms in total. The van der Waals surface area contributed by atoms with Crippen molar-refractivity contribution in [2.24, 2.45) is 0 Å². The topological polar surface area (TPSA) is 139 Å². The van der Waals surface area contributed by atoms with Crippen LogP contribution in [-0.4, -0.2) is 78.7 Å². The lowest BCUT2D eigenvalue weighted by molar-refractivity contribution is -0.812. The molecule has 0 saturated heterocycles. The van der Waals surface area contributed by atoms with Gasteiger partial charge < -0.3 is 25.0 Å². The predicted molar refractivity (Wildman–Crippen MR) is 90.6 cm³/mol. The van der Waals surface area contributed by atoms with Gasteiger partial charge in [0.05, 0.1) is 27.1 Å². The molecule has 0 aliphatic rings. The molecule has 0 radical (unpaired) electrons. The summed E-state index contributed by atoms with van der Waals surface area (Å²) in [7, 11) is 3.22. The number of carbonyl (C=O) groups excluding carboxylic acids is 2. The van der Waals surface area contributed by atoms with Crippen molar-refractivity contribution < 1.29 is 43.3 Å². The van der Waals surface area contributed by atoms with Crippen LogP contribution < -0.4 is 5.32 Å². The number of carboxylic acid groups (broad SMARTS) is 2. The highest BCUT2D eigenvalue weighted by Gasteiger charge is 2.32. The van der Waals surface area contributed by atoms with Gasteiger partial charge in [0.25, 0.3) is 0 Å². The maximum atomic E-state index is 12.3. The second-order valence-corrected chi connectivity index (χ2v) is 6.46. The van der Waals surface area contributed by atoms with E-state index in [4.69, 9.17) is 14.9 Å². The highest BCUT2D eigenvalue weighted by atomic mass is 16.7. The molecular formula is C16H29N2O8+. The lowest BCUT2D eigenvalue weighted by atomic mass is 10.2. The molecule has 10 heteroatoms. The molecular weight excluding hydrogens is 348 g/mol. The van der Waals surface area contributed by atoms with Gasteiger partial charge in [-0.1, -0.05) is 6.42 Å². The summed E-state index contributed by atoms with van der Waals surface area (Å²) >= 11 is 0. The molecule has 2 amide bonds. The number of nitrogens with zero attached hydrogens (tertiary/aromatic N) is 1. The normalized spacial score (nSPS) is 12.1. The monoisotopic (exact) mass is 377 g/mol. The summed E-state index contributed by atoms with van der Waals surface area (Å²) in [6.45, 7) is 1.84. The van der Waals surface area contributed by atoms with Crippen molar-refractivity contribution in [1.82, 2.24) is 5.32 Å². The van der Waals surface area contributed by atoms with Crippen LogP contribution in [-0.2, 0) is 19.1 Å². The SMILES string of the molecule is CC(=O)OC(CC(=O)O)C[N+](C)(C)C(=O)NCCCCCCOC(=O)O. The van der Waals surface area contributed by atoms with Gasteiger partial charge >= 0.3 is 24.1 Å². The first-order chi connectivity index (χ1) is 12.0. The van der Waals surface area contributed by atoms with Crippen molar-refractivity contribution in [3.63, 3.8) is 0 Å². The number of hydrogen-bond acceptors (Lipinski definition) is 6. The lowest BCUT2D eigenvalue weighted by Gasteiger charge is -2.29. The van der Waals surface area contributed by atoms with Crippen LogP contribution in [0.25, 0.3) is 0 Å². The highest BCUT2D eigenvalue weighted by molar-refractivity contribution is 5.70. The van der Waals surface area contributed by atoms with Crippen LogP contribution in [0.15, 0.2) is 0 Å². The van der Waals surface area contributed by atoms with Gasteiger partial charge in [-0.25, -0.2) is 14.1 Å². The number of unbranched alkanes of at least 4 members (excludes halogenated alkanes) is 3. The number of esters is 1. The van der Waals surface area contributed by atoms with E-state index in [9.17, 15) is 19.2 Å². The maximum Gasteiger partial charge on any atom is 0.505 e. The maximum absolute atomic E-state index is 12.3. The number of rotatable bonds is 12. The molecule has 150 valence electrons. The summed E-state index contributed by atoms with van der Waals surface area (Å²) in [4.78, 5) is 44.4. The van der Waals surface area contributed by atoms with Gasteiger partial charge in [0.15, 0.2) is 6.10 Å². The van der Waals surface area contributed by atoms with Crippen LogP contribution in [0.1, 0.15) is 39.0 Å². The third-order valence-electron chi connectivity index (χ3n) is 3.52. The lowest BCUT2D eigenvalue weighted by Crippen LogP contribution is -2.55. The van der Waals surface area contributed by atoms with E-state index in [2.05, 4.69) is 10.1 Å². The third-order valence-corrected chi connectivity index (χ3v) is 3.52. The van der Waals surface area contributed by atoms with E-state index in [-0.39, 0.29) is 30.1 Å². The number of amides is 2. The van der Waals surface area contributed by atoms with E-state index in [1.807, 2.05) is 0 Å². The molecule has 0 aliphatic heterocycles. The Kier molecular flexibility index (Phi) is 11.0. The first kappa shape index (κ1) is 23.6. The van der Waals surface area contributed by atoms with E-state index in [0.717, 1.165) is 19.3 Å². The van der Waals surface area contributed by atoms with Gasteiger partial charge in [-0.15, -0.1) is 0 Å². The first-order valence-corrected chi connectivity index (χ1v) is 8.40. The highest BCUT2D eigenvalue weighted by Crippen LogP contribution is 2.09. The second-order valence-electron chi connectivity index (χ2n) is 6.46. The van der Waals surface area contributed by atoms with Gasteiger partial charge in [0.1, 0.15) is 6.54 Å². The van der Waals surface area contributed by atoms with Gasteiger partial charge in [-0.05, 0) is 19.3 Å². The van der Waals surface area contributed by atoms with E-state index >= 15 is 0 Å². The van der Waals surface area contributed by atoms with Crippen molar-refractivity contribution in [3.8, 4) is 0 Å². The van der Waals surface area contributed by atoms with E-state index < -0.39 is 24.2 Å². The van der Waals surface area contributed by atoms with Crippen molar-refractivity contribution >= 4 is 24.1 Å². The van der Waals surface area contributed by atoms with Crippen LogP contribution in [0.2, 0.25) is 0 Å². The van der Waals surface area contributed by atoms with E-state index in [1.54, 1.807) is 14.1 Å². The second kappa shape index (κ2) is 12.1. The van der Waals surface area contributed by atoms with Crippen LogP contribution in [0.3, 0.4) is 0 Å². The number of likely N-dealkylation sites (N-methyl/N-ethyl adjacent to an activating group) is 1. The van der Waals surface area contributed by atoms with Crippen LogP contribution in [0.5, 0.6) is 0 Å². The number of nitrogens with one attached hydrogen (secondary N) is 1. The van der Waals surface area contributed by atoms with Crippen LogP contribution in [0.4, 0.5) is 9.59 Å². The third kappa shape index (κ3) is 12.1. The van der Waals surface area contributed by atoms with Gasteiger partial charge in [-0.2, -0.15) is 0 Å². The molecule has 26 heavy (non-hydrogen) atoms. The van der Waals surface area contributed by atoms with E-state index in [1.165, 1.54) is 6.92 Å². The molecule has 0 heterocycles. The Balaban J connectivity index is 4.17.